The van der Waals surface area contributed by atoms with Crippen molar-refractivity contribution in [2.45, 2.75) is 19.4 Å². The van der Waals surface area contributed by atoms with Crippen molar-refractivity contribution in [1.29, 1.82) is 0 Å². The molecule has 0 aromatic heterocycles. The second-order valence-electron chi connectivity index (χ2n) is 3.17. The summed E-state index contributed by atoms with van der Waals surface area (Å²) in [6.07, 6.45) is 0.228. The third-order valence-corrected chi connectivity index (χ3v) is 2.00. The first-order valence-corrected chi connectivity index (χ1v) is 4.83. The van der Waals surface area contributed by atoms with Gasteiger partial charge in [0.1, 0.15) is 5.75 Å². The maximum absolute atomic E-state index is 9.01. The van der Waals surface area contributed by atoms with Crippen LogP contribution in [0, 0.1) is 0 Å². The van der Waals surface area contributed by atoms with Crippen molar-refractivity contribution in [2.75, 3.05) is 12.3 Å². The van der Waals surface area contributed by atoms with Gasteiger partial charge in [0.15, 0.2) is 0 Å². The van der Waals surface area contributed by atoms with Gasteiger partial charge in [-0.15, -0.1) is 0 Å². The fraction of sp³-hybridized carbons (Fsp3) is 0.400. The van der Waals surface area contributed by atoms with Gasteiger partial charge in [0.25, 0.3) is 0 Å². The molecular formula is C10H14ClNO2. The predicted octanol–water partition coefficient (Wildman–Crippen LogP) is 2.07. The van der Waals surface area contributed by atoms with Crippen molar-refractivity contribution < 1.29 is 9.84 Å². The van der Waals surface area contributed by atoms with Crippen LogP contribution in [-0.4, -0.2) is 17.8 Å². The van der Waals surface area contributed by atoms with Gasteiger partial charge in [0.2, 0.25) is 0 Å². The van der Waals surface area contributed by atoms with Crippen molar-refractivity contribution in [3.05, 3.63) is 23.2 Å². The highest BCUT2D eigenvalue weighted by atomic mass is 35.5. The Kier molecular flexibility index (Phi) is 4.04. The molecule has 0 aliphatic heterocycles. The minimum atomic E-state index is -0.358. The Morgan fingerprint density at radius 3 is 2.86 bits per heavy atom. The first-order valence-electron chi connectivity index (χ1n) is 4.45. The van der Waals surface area contributed by atoms with Crippen LogP contribution in [0.25, 0.3) is 0 Å². The highest BCUT2D eigenvalue weighted by Gasteiger charge is 2.01. The number of nitrogens with two attached hydrogens (primary N) is 1. The van der Waals surface area contributed by atoms with Gasteiger partial charge in [-0.1, -0.05) is 11.6 Å². The molecule has 0 aliphatic rings. The summed E-state index contributed by atoms with van der Waals surface area (Å²) in [6.45, 7) is 2.16. The number of hydrogen-bond acceptors (Lipinski definition) is 3. The molecule has 78 valence electrons. The largest absolute Gasteiger partial charge is 0.491 e. The lowest BCUT2D eigenvalue weighted by molar-refractivity contribution is 0.156. The molecule has 0 spiro atoms. The zero-order valence-electron chi connectivity index (χ0n) is 8.03. The Morgan fingerprint density at radius 1 is 1.57 bits per heavy atom. The van der Waals surface area contributed by atoms with E-state index in [4.69, 9.17) is 27.2 Å². The molecule has 1 atom stereocenters. The Hall–Kier alpha value is -0.930. The lowest BCUT2D eigenvalue weighted by Crippen LogP contribution is -2.08. The minimum absolute atomic E-state index is 0.358. The maximum Gasteiger partial charge on any atom is 0.142 e. The third-order valence-electron chi connectivity index (χ3n) is 1.77. The van der Waals surface area contributed by atoms with Crippen molar-refractivity contribution in [3.63, 3.8) is 0 Å². The molecule has 4 heteroatoms. The van der Waals surface area contributed by atoms with Crippen LogP contribution in [0.4, 0.5) is 5.69 Å². The van der Waals surface area contributed by atoms with E-state index in [0.29, 0.717) is 29.5 Å². The zero-order valence-corrected chi connectivity index (χ0v) is 8.79. The van der Waals surface area contributed by atoms with Crippen LogP contribution in [0.2, 0.25) is 5.02 Å². The van der Waals surface area contributed by atoms with Crippen molar-refractivity contribution in [3.8, 4) is 5.75 Å². The molecule has 3 N–H and O–H groups in total. The van der Waals surface area contributed by atoms with Gasteiger partial charge in [-0.25, -0.2) is 0 Å². The number of anilines is 1. The summed E-state index contributed by atoms with van der Waals surface area (Å²) >= 11 is 5.73. The molecule has 1 aromatic rings. The Balaban J connectivity index is 2.51. The topological polar surface area (TPSA) is 55.5 Å². The summed E-state index contributed by atoms with van der Waals surface area (Å²) in [5.41, 5.74) is 6.18. The van der Waals surface area contributed by atoms with E-state index in [0.717, 1.165) is 0 Å². The van der Waals surface area contributed by atoms with E-state index in [1.807, 2.05) is 0 Å². The monoisotopic (exact) mass is 215 g/mol. The Morgan fingerprint density at radius 2 is 2.29 bits per heavy atom. The molecule has 0 fully saturated rings. The summed E-state index contributed by atoms with van der Waals surface area (Å²) in [5.74, 6) is 0.607. The Bertz CT molecular complexity index is 302. The van der Waals surface area contributed by atoms with E-state index in [1.165, 1.54) is 0 Å². The van der Waals surface area contributed by atoms with Crippen LogP contribution in [0.3, 0.4) is 0 Å². The van der Waals surface area contributed by atoms with Gasteiger partial charge in [0, 0.05) is 11.4 Å². The van der Waals surface area contributed by atoms with Gasteiger partial charge >= 0.3 is 0 Å². The van der Waals surface area contributed by atoms with Gasteiger partial charge in [-0.2, -0.15) is 0 Å². The highest BCUT2D eigenvalue weighted by Crippen LogP contribution is 2.24. The SMILES string of the molecule is CC(O)CCOc1ccc(Cl)cc1N. The molecule has 1 rings (SSSR count). The van der Waals surface area contributed by atoms with Crippen molar-refractivity contribution >= 4 is 17.3 Å². The third kappa shape index (κ3) is 3.44. The van der Waals surface area contributed by atoms with Crippen LogP contribution in [-0.2, 0) is 0 Å². The maximum atomic E-state index is 9.01. The number of aliphatic hydroxyl groups is 1. The number of hydrogen-bond donors (Lipinski definition) is 2. The molecule has 0 aliphatic carbocycles. The van der Waals surface area contributed by atoms with Crippen molar-refractivity contribution in [1.82, 2.24) is 0 Å². The van der Waals surface area contributed by atoms with Gasteiger partial charge < -0.3 is 15.6 Å². The van der Waals surface area contributed by atoms with E-state index in [2.05, 4.69) is 0 Å². The normalized spacial score (nSPS) is 12.5. The number of rotatable bonds is 4. The van der Waals surface area contributed by atoms with Crippen molar-refractivity contribution in [2.24, 2.45) is 0 Å². The molecule has 14 heavy (non-hydrogen) atoms. The summed E-state index contributed by atoms with van der Waals surface area (Å²) in [5, 5.41) is 9.60. The van der Waals surface area contributed by atoms with E-state index in [-0.39, 0.29) is 6.10 Å². The quantitative estimate of drug-likeness (QED) is 0.757. The van der Waals surface area contributed by atoms with Crippen LogP contribution in [0.15, 0.2) is 18.2 Å². The predicted molar refractivity (Wildman–Crippen MR) is 57.7 cm³/mol. The van der Waals surface area contributed by atoms with E-state index < -0.39 is 0 Å². The summed E-state index contributed by atoms with van der Waals surface area (Å²) < 4.78 is 5.36. The van der Waals surface area contributed by atoms with E-state index in [1.54, 1.807) is 25.1 Å². The molecule has 0 radical (unpaired) electrons. The fourth-order valence-electron chi connectivity index (χ4n) is 0.990. The highest BCUT2D eigenvalue weighted by molar-refractivity contribution is 6.30. The molecular weight excluding hydrogens is 202 g/mol. The number of ether oxygens (including phenoxy) is 1. The molecule has 1 unspecified atom stereocenters. The molecule has 0 heterocycles. The van der Waals surface area contributed by atoms with Gasteiger partial charge in [-0.3, -0.25) is 0 Å². The summed E-state index contributed by atoms with van der Waals surface area (Å²) in [6, 6.07) is 5.08. The lowest BCUT2D eigenvalue weighted by Gasteiger charge is -2.09. The van der Waals surface area contributed by atoms with Crippen LogP contribution >= 0.6 is 11.6 Å². The summed E-state index contributed by atoms with van der Waals surface area (Å²) in [7, 11) is 0. The molecule has 0 saturated carbocycles. The van der Waals surface area contributed by atoms with Gasteiger partial charge in [0.05, 0.1) is 18.4 Å². The zero-order chi connectivity index (χ0) is 10.6. The molecule has 0 bridgehead atoms. The second-order valence-corrected chi connectivity index (χ2v) is 3.60. The average Bonchev–Trinajstić information content (AvgIpc) is 2.08. The molecule has 3 nitrogen and oxygen atoms in total. The number of halogens is 1. The van der Waals surface area contributed by atoms with Gasteiger partial charge in [-0.05, 0) is 25.1 Å². The molecule has 0 saturated heterocycles. The average molecular weight is 216 g/mol. The number of nitrogen functional groups attached to an aromatic ring is 1. The first kappa shape index (κ1) is 11.1. The minimum Gasteiger partial charge on any atom is -0.491 e. The van der Waals surface area contributed by atoms with E-state index >= 15 is 0 Å². The molecule has 1 aromatic carbocycles. The molecule has 0 amide bonds. The number of benzene rings is 1. The number of aliphatic hydroxyl groups excluding tert-OH is 1. The van der Waals surface area contributed by atoms with E-state index in [9.17, 15) is 0 Å². The van der Waals surface area contributed by atoms with Crippen LogP contribution in [0.5, 0.6) is 5.75 Å². The second kappa shape index (κ2) is 5.08. The first-order chi connectivity index (χ1) is 6.59. The standard InChI is InChI=1S/C10H14ClNO2/c1-7(13)4-5-14-10-3-2-8(11)6-9(10)12/h2-3,6-7,13H,4-5,12H2,1H3. The summed E-state index contributed by atoms with van der Waals surface area (Å²) in [4.78, 5) is 0. The Labute approximate surface area is 88.4 Å². The lowest BCUT2D eigenvalue weighted by atomic mass is 10.3. The van der Waals surface area contributed by atoms with Crippen LogP contribution in [0.1, 0.15) is 13.3 Å². The van der Waals surface area contributed by atoms with Crippen LogP contribution < -0.4 is 10.5 Å². The fourth-order valence-corrected chi connectivity index (χ4v) is 1.17. The smallest absolute Gasteiger partial charge is 0.142 e.